The van der Waals surface area contributed by atoms with E-state index in [1.807, 2.05) is 12.1 Å². The lowest BCUT2D eigenvalue weighted by Gasteiger charge is -2.27. The number of benzene rings is 1. The third-order valence-corrected chi connectivity index (χ3v) is 5.22. The molecule has 0 atom stereocenters. The Morgan fingerprint density at radius 1 is 1.21 bits per heavy atom. The second-order valence-corrected chi connectivity index (χ2v) is 7.04. The van der Waals surface area contributed by atoms with E-state index in [1.54, 1.807) is 11.3 Å². The average Bonchev–Trinajstić information content (AvgIpc) is 2.95. The van der Waals surface area contributed by atoms with E-state index in [9.17, 15) is 13.2 Å². The Balaban J connectivity index is 1.52. The quantitative estimate of drug-likeness (QED) is 0.692. The van der Waals surface area contributed by atoms with Gasteiger partial charge in [0.2, 0.25) is 5.82 Å². The molecule has 0 N–H and O–H groups in total. The van der Waals surface area contributed by atoms with Gasteiger partial charge in [0.1, 0.15) is 0 Å². The molecule has 1 aliphatic rings. The zero-order chi connectivity index (χ0) is 16.7. The molecular weight excluding hydrogens is 335 g/mol. The molecule has 4 rings (SSSR count). The molecule has 0 saturated carbocycles. The maximum absolute atomic E-state index is 12.7. The van der Waals surface area contributed by atoms with E-state index < -0.39 is 12.0 Å². The van der Waals surface area contributed by atoms with Gasteiger partial charge in [-0.15, -0.1) is 11.3 Å². The van der Waals surface area contributed by atoms with Crippen LogP contribution in [0, 0.1) is 0 Å². The molecule has 0 fully saturated rings. The zero-order valence-electron chi connectivity index (χ0n) is 12.7. The minimum absolute atomic E-state index is 0.518. The highest BCUT2D eigenvalue weighted by atomic mass is 32.1. The molecule has 0 amide bonds. The highest BCUT2D eigenvalue weighted by molar-refractivity contribution is 7.19. The molecule has 2 aromatic heterocycles. The van der Waals surface area contributed by atoms with E-state index in [0.717, 1.165) is 12.1 Å². The fraction of sp³-hybridized carbons (Fsp3) is 0.294. The number of hydrogen-bond acceptors (Lipinski definition) is 4. The van der Waals surface area contributed by atoms with Gasteiger partial charge in [0.25, 0.3) is 0 Å². The molecule has 124 valence electrons. The summed E-state index contributed by atoms with van der Waals surface area (Å²) in [5, 5.41) is 1.23. The van der Waals surface area contributed by atoms with Gasteiger partial charge in [-0.25, -0.2) is 9.97 Å². The molecule has 1 aromatic carbocycles. The number of halogens is 3. The first-order valence-electron chi connectivity index (χ1n) is 7.61. The normalized spacial score (nSPS) is 15.6. The highest BCUT2D eigenvalue weighted by Gasteiger charge is 2.35. The molecule has 3 aromatic rings. The zero-order valence-corrected chi connectivity index (χ0v) is 13.5. The van der Waals surface area contributed by atoms with Crippen molar-refractivity contribution in [3.63, 3.8) is 0 Å². The molecule has 3 heterocycles. The minimum atomic E-state index is -4.48. The summed E-state index contributed by atoms with van der Waals surface area (Å²) < 4.78 is 39.3. The lowest BCUT2D eigenvalue weighted by Crippen LogP contribution is -2.31. The van der Waals surface area contributed by atoms with Crippen LogP contribution in [0.25, 0.3) is 10.1 Å². The second-order valence-electron chi connectivity index (χ2n) is 5.87. The summed E-state index contributed by atoms with van der Waals surface area (Å²) >= 11 is 1.76. The Bertz CT molecular complexity index is 855. The van der Waals surface area contributed by atoms with Crippen LogP contribution in [0.4, 0.5) is 13.2 Å². The number of alkyl halides is 3. The van der Waals surface area contributed by atoms with Gasteiger partial charge < -0.3 is 0 Å². The van der Waals surface area contributed by atoms with Crippen LogP contribution in [-0.4, -0.2) is 21.4 Å². The lowest BCUT2D eigenvalue weighted by molar-refractivity contribution is -0.145. The van der Waals surface area contributed by atoms with E-state index >= 15 is 0 Å². The van der Waals surface area contributed by atoms with Gasteiger partial charge in [-0.3, -0.25) is 4.90 Å². The van der Waals surface area contributed by atoms with Crippen molar-refractivity contribution in [3.8, 4) is 0 Å². The number of nitrogens with zero attached hydrogens (tertiary/aromatic N) is 3. The van der Waals surface area contributed by atoms with E-state index in [2.05, 4.69) is 33.1 Å². The number of hydrogen-bond donors (Lipinski definition) is 0. The fourth-order valence-electron chi connectivity index (χ4n) is 2.98. The maximum Gasteiger partial charge on any atom is 0.451 e. The third-order valence-electron chi connectivity index (χ3n) is 4.12. The number of fused-ring (bicyclic) bond motifs is 2. The molecule has 3 nitrogen and oxygen atoms in total. The van der Waals surface area contributed by atoms with Crippen LogP contribution in [-0.2, 0) is 25.7 Å². The minimum Gasteiger partial charge on any atom is -0.293 e. The summed E-state index contributed by atoms with van der Waals surface area (Å²) in [6, 6.07) is 10.4. The topological polar surface area (TPSA) is 29.0 Å². The van der Waals surface area contributed by atoms with Gasteiger partial charge in [-0.2, -0.15) is 13.2 Å². The Labute approximate surface area is 140 Å². The Hall–Kier alpha value is -1.99. The number of thiophene rings is 1. The van der Waals surface area contributed by atoms with Gasteiger partial charge in [-0.1, -0.05) is 18.2 Å². The Morgan fingerprint density at radius 3 is 2.83 bits per heavy atom. The molecule has 0 radical (unpaired) electrons. The van der Waals surface area contributed by atoms with Gasteiger partial charge in [0.15, 0.2) is 0 Å². The van der Waals surface area contributed by atoms with E-state index in [1.165, 1.54) is 21.2 Å². The lowest BCUT2D eigenvalue weighted by atomic mass is 10.1. The van der Waals surface area contributed by atoms with Crippen molar-refractivity contribution in [2.45, 2.75) is 25.7 Å². The number of aromatic nitrogens is 2. The largest absolute Gasteiger partial charge is 0.451 e. The van der Waals surface area contributed by atoms with Crippen LogP contribution >= 0.6 is 11.3 Å². The summed E-state index contributed by atoms with van der Waals surface area (Å²) in [6.07, 6.45) is -2.64. The maximum atomic E-state index is 12.7. The van der Waals surface area contributed by atoms with Crippen LogP contribution in [0.15, 0.2) is 36.5 Å². The van der Waals surface area contributed by atoms with Gasteiger partial charge in [-0.05, 0) is 17.5 Å². The molecular formula is C17H14F3N3S. The monoisotopic (exact) mass is 349 g/mol. The van der Waals surface area contributed by atoms with E-state index in [4.69, 9.17) is 0 Å². The van der Waals surface area contributed by atoms with Gasteiger partial charge >= 0.3 is 6.18 Å². The van der Waals surface area contributed by atoms with Crippen molar-refractivity contribution >= 4 is 21.4 Å². The van der Waals surface area contributed by atoms with Crippen molar-refractivity contribution in [1.82, 2.24) is 14.9 Å². The van der Waals surface area contributed by atoms with E-state index in [0.29, 0.717) is 25.2 Å². The van der Waals surface area contributed by atoms with Crippen molar-refractivity contribution in [2.24, 2.45) is 0 Å². The molecule has 24 heavy (non-hydrogen) atoms. The molecule has 0 unspecified atom stereocenters. The van der Waals surface area contributed by atoms with Crippen LogP contribution in [0.2, 0.25) is 0 Å². The SMILES string of the molecule is FC(F)(F)c1ncc2c(n1)CCN(Cc1cc3ccccc3s1)C2. The predicted octanol–water partition coefficient (Wildman–Crippen LogP) is 4.27. The van der Waals surface area contributed by atoms with Crippen molar-refractivity contribution in [1.29, 1.82) is 0 Å². The summed E-state index contributed by atoms with van der Waals surface area (Å²) in [5.41, 5.74) is 1.31. The number of rotatable bonds is 2. The van der Waals surface area contributed by atoms with Crippen LogP contribution in [0.3, 0.4) is 0 Å². The van der Waals surface area contributed by atoms with Crippen molar-refractivity contribution in [3.05, 3.63) is 58.5 Å². The fourth-order valence-corrected chi connectivity index (χ4v) is 4.09. The smallest absolute Gasteiger partial charge is 0.293 e. The van der Waals surface area contributed by atoms with Gasteiger partial charge in [0.05, 0.1) is 5.69 Å². The molecule has 0 spiro atoms. The first kappa shape index (κ1) is 15.5. The van der Waals surface area contributed by atoms with Crippen LogP contribution in [0.1, 0.15) is 22.0 Å². The molecule has 7 heteroatoms. The first-order chi connectivity index (χ1) is 11.5. The van der Waals surface area contributed by atoms with E-state index in [-0.39, 0.29) is 0 Å². The van der Waals surface area contributed by atoms with Crippen LogP contribution < -0.4 is 0 Å². The predicted molar refractivity (Wildman–Crippen MR) is 86.7 cm³/mol. The van der Waals surface area contributed by atoms with Crippen molar-refractivity contribution in [2.75, 3.05) is 6.54 Å². The highest BCUT2D eigenvalue weighted by Crippen LogP contribution is 2.30. The third kappa shape index (κ3) is 3.01. The summed E-state index contributed by atoms with van der Waals surface area (Å²) in [6.45, 7) is 2.08. The summed E-state index contributed by atoms with van der Waals surface area (Å²) in [4.78, 5) is 10.7. The molecule has 1 aliphatic heterocycles. The van der Waals surface area contributed by atoms with Crippen LogP contribution in [0.5, 0.6) is 0 Å². The Morgan fingerprint density at radius 2 is 2.04 bits per heavy atom. The molecule has 0 bridgehead atoms. The summed E-state index contributed by atoms with van der Waals surface area (Å²) in [7, 11) is 0. The summed E-state index contributed by atoms with van der Waals surface area (Å²) in [5.74, 6) is -1.04. The Kier molecular flexibility index (Phi) is 3.77. The van der Waals surface area contributed by atoms with Gasteiger partial charge in [0, 0.05) is 47.4 Å². The first-order valence-corrected chi connectivity index (χ1v) is 8.42. The molecule has 0 aliphatic carbocycles. The molecule has 0 saturated heterocycles. The second kappa shape index (κ2) is 5.82. The van der Waals surface area contributed by atoms with Crippen molar-refractivity contribution < 1.29 is 13.2 Å². The standard InChI is InChI=1S/C17H14F3N3S/c18-17(19,20)16-21-8-12-9-23(6-5-14(12)22-16)10-13-7-11-3-1-2-4-15(11)24-13/h1-4,7-8H,5-6,9-10H2. The average molecular weight is 349 g/mol.